The lowest BCUT2D eigenvalue weighted by atomic mass is 10.1. The lowest BCUT2D eigenvalue weighted by molar-refractivity contribution is 0.100. The molecule has 7 heteroatoms. The summed E-state index contributed by atoms with van der Waals surface area (Å²) >= 11 is 1.61. The van der Waals surface area contributed by atoms with Crippen molar-refractivity contribution in [3.8, 4) is 5.69 Å². The van der Waals surface area contributed by atoms with Gasteiger partial charge in [0.15, 0.2) is 5.65 Å². The number of anilines is 1. The third-order valence-electron chi connectivity index (χ3n) is 3.82. The first-order valence-corrected chi connectivity index (χ1v) is 8.45. The number of amides is 1. The predicted octanol–water partition coefficient (Wildman–Crippen LogP) is 2.77. The number of primary amides is 1. The third kappa shape index (κ3) is 2.33. The van der Waals surface area contributed by atoms with Crippen LogP contribution in [0.2, 0.25) is 0 Å². The Morgan fingerprint density at radius 1 is 1.42 bits per heavy atom. The number of carbonyl (C=O) groups excluding carboxylic acids is 1. The van der Waals surface area contributed by atoms with E-state index in [-0.39, 0.29) is 11.4 Å². The van der Waals surface area contributed by atoms with Gasteiger partial charge in [0.25, 0.3) is 5.91 Å². The highest BCUT2D eigenvalue weighted by Gasteiger charge is 2.23. The lowest BCUT2D eigenvalue weighted by Gasteiger charge is -2.14. The molecular weight excluding hydrogens is 322 g/mol. The number of nitrogen functional groups attached to an aromatic ring is 1. The number of fused-ring (bicyclic) bond motifs is 1. The molecule has 0 aliphatic heterocycles. The summed E-state index contributed by atoms with van der Waals surface area (Å²) in [6.07, 6.45) is 5.34. The molecule has 6 nitrogen and oxygen atoms in total. The minimum atomic E-state index is -0.607. The molecule has 2 heterocycles. The Morgan fingerprint density at radius 3 is 2.79 bits per heavy atom. The highest BCUT2D eigenvalue weighted by atomic mass is 32.2. The second kappa shape index (κ2) is 6.01. The van der Waals surface area contributed by atoms with Crippen molar-refractivity contribution in [2.75, 3.05) is 12.0 Å². The van der Waals surface area contributed by atoms with Gasteiger partial charge in [-0.05, 0) is 25.3 Å². The van der Waals surface area contributed by atoms with Gasteiger partial charge in [-0.1, -0.05) is 18.7 Å². The number of thioether (sulfide) groups is 1. The molecule has 0 unspecified atom stereocenters. The molecule has 0 atom stereocenters. The van der Waals surface area contributed by atoms with Crippen LogP contribution in [0, 0.1) is 6.92 Å². The Morgan fingerprint density at radius 2 is 2.17 bits per heavy atom. The smallest absolute Gasteiger partial charge is 0.253 e. The van der Waals surface area contributed by atoms with Crippen LogP contribution in [0.1, 0.15) is 21.7 Å². The summed E-state index contributed by atoms with van der Waals surface area (Å²) in [7, 11) is 0. The molecule has 0 saturated carbocycles. The summed E-state index contributed by atoms with van der Waals surface area (Å²) in [5.74, 6) is 0.224. The molecule has 0 saturated heterocycles. The van der Waals surface area contributed by atoms with Gasteiger partial charge in [0, 0.05) is 16.7 Å². The van der Waals surface area contributed by atoms with E-state index in [1.807, 2.05) is 24.5 Å². The first kappa shape index (κ1) is 16.1. The third-order valence-corrected chi connectivity index (χ3v) is 4.62. The Labute approximate surface area is 143 Å². The van der Waals surface area contributed by atoms with E-state index in [4.69, 9.17) is 11.5 Å². The van der Waals surface area contributed by atoms with E-state index in [2.05, 4.69) is 16.5 Å². The molecule has 24 heavy (non-hydrogen) atoms. The van der Waals surface area contributed by atoms with Crippen LogP contribution < -0.4 is 11.5 Å². The van der Waals surface area contributed by atoms with Gasteiger partial charge in [0.1, 0.15) is 11.6 Å². The molecule has 122 valence electrons. The van der Waals surface area contributed by atoms with Gasteiger partial charge in [-0.15, -0.1) is 11.8 Å². The van der Waals surface area contributed by atoms with E-state index in [1.165, 1.54) is 0 Å². The first-order valence-electron chi connectivity index (χ1n) is 7.22. The lowest BCUT2D eigenvalue weighted by Crippen LogP contribution is -2.14. The topological polar surface area (TPSA) is 99.8 Å². The molecule has 0 fully saturated rings. The average Bonchev–Trinajstić information content (AvgIpc) is 2.85. The summed E-state index contributed by atoms with van der Waals surface area (Å²) in [4.78, 5) is 21.6. The first-order chi connectivity index (χ1) is 11.5. The molecule has 1 amide bonds. The molecule has 0 radical (unpaired) electrons. The summed E-state index contributed by atoms with van der Waals surface area (Å²) in [6, 6.07) is 5.84. The molecular formula is C17H17N5OS. The van der Waals surface area contributed by atoms with Crippen molar-refractivity contribution in [2.45, 2.75) is 11.8 Å². The second-order valence-electron chi connectivity index (χ2n) is 5.21. The minimum Gasteiger partial charge on any atom is -0.384 e. The molecule has 0 aliphatic carbocycles. The molecule has 0 spiro atoms. The Balaban J connectivity index is 2.48. The zero-order chi connectivity index (χ0) is 17.4. The van der Waals surface area contributed by atoms with Crippen LogP contribution >= 0.6 is 11.8 Å². The van der Waals surface area contributed by atoms with Gasteiger partial charge in [-0.2, -0.15) is 0 Å². The highest BCUT2D eigenvalue weighted by Crippen LogP contribution is 2.34. The molecule has 1 aromatic carbocycles. The van der Waals surface area contributed by atoms with Crippen LogP contribution in [-0.4, -0.2) is 26.7 Å². The van der Waals surface area contributed by atoms with Gasteiger partial charge < -0.3 is 11.5 Å². The fourth-order valence-corrected chi connectivity index (χ4v) is 3.40. The van der Waals surface area contributed by atoms with Crippen LogP contribution in [0.3, 0.4) is 0 Å². The zero-order valence-electron chi connectivity index (χ0n) is 13.4. The van der Waals surface area contributed by atoms with Crippen LogP contribution in [-0.2, 0) is 0 Å². The molecule has 2 aromatic heterocycles. The number of aromatic nitrogens is 3. The molecule has 0 bridgehead atoms. The van der Waals surface area contributed by atoms with Crippen molar-refractivity contribution in [1.29, 1.82) is 0 Å². The van der Waals surface area contributed by atoms with E-state index in [1.54, 1.807) is 35.5 Å². The summed E-state index contributed by atoms with van der Waals surface area (Å²) in [5, 5.41) is 0.537. The summed E-state index contributed by atoms with van der Waals surface area (Å²) in [5.41, 5.74) is 14.3. The Kier molecular flexibility index (Phi) is 4.02. The second-order valence-corrected chi connectivity index (χ2v) is 6.06. The Bertz CT molecular complexity index is 977. The van der Waals surface area contributed by atoms with Crippen molar-refractivity contribution in [3.05, 3.63) is 47.9 Å². The monoisotopic (exact) mass is 339 g/mol. The van der Waals surface area contributed by atoms with E-state index >= 15 is 0 Å². The van der Waals surface area contributed by atoms with Crippen molar-refractivity contribution < 1.29 is 4.79 Å². The van der Waals surface area contributed by atoms with E-state index in [0.29, 0.717) is 16.9 Å². The number of carbonyl (C=O) groups is 1. The summed E-state index contributed by atoms with van der Waals surface area (Å²) in [6.45, 7) is 5.68. The standard InChI is InChI=1S/C17H17N5OS/c1-4-10-12(6-5-7-13(10)24-3)22-15(18)14(16(19)23)11-8-20-9(2)21-17(11)22/h4-8H,1,18H2,2-3H3,(H2,19,23). The predicted molar refractivity (Wildman–Crippen MR) is 98.4 cm³/mol. The van der Waals surface area contributed by atoms with Gasteiger partial charge in [0.2, 0.25) is 0 Å². The Hall–Kier alpha value is -2.80. The normalized spacial score (nSPS) is 10.9. The summed E-state index contributed by atoms with van der Waals surface area (Å²) < 4.78 is 1.74. The number of hydrogen-bond donors (Lipinski definition) is 2. The number of nitrogens with zero attached hydrogens (tertiary/aromatic N) is 3. The maximum absolute atomic E-state index is 11.9. The fraction of sp³-hybridized carbons (Fsp3) is 0.118. The SMILES string of the molecule is C=Cc1c(SC)cccc1-n1c(N)c(C(N)=O)c2cnc(C)nc21. The quantitative estimate of drug-likeness (QED) is 0.712. The average molecular weight is 339 g/mol. The molecule has 4 N–H and O–H groups in total. The van der Waals surface area contributed by atoms with E-state index in [0.717, 1.165) is 16.1 Å². The molecule has 3 aromatic rings. The van der Waals surface area contributed by atoms with Gasteiger partial charge in [0.05, 0.1) is 16.6 Å². The minimum absolute atomic E-state index is 0.231. The van der Waals surface area contributed by atoms with Crippen LogP contribution in [0.25, 0.3) is 22.8 Å². The maximum atomic E-state index is 11.9. The van der Waals surface area contributed by atoms with Crippen molar-refractivity contribution in [1.82, 2.24) is 14.5 Å². The van der Waals surface area contributed by atoms with Crippen molar-refractivity contribution in [3.63, 3.8) is 0 Å². The van der Waals surface area contributed by atoms with Crippen LogP contribution in [0.5, 0.6) is 0 Å². The number of benzene rings is 1. The zero-order valence-corrected chi connectivity index (χ0v) is 14.2. The van der Waals surface area contributed by atoms with Gasteiger partial charge in [-0.3, -0.25) is 9.36 Å². The molecule has 3 rings (SSSR count). The number of hydrogen-bond acceptors (Lipinski definition) is 5. The fourth-order valence-electron chi connectivity index (χ4n) is 2.78. The van der Waals surface area contributed by atoms with Gasteiger partial charge in [-0.25, -0.2) is 9.97 Å². The number of rotatable bonds is 4. The van der Waals surface area contributed by atoms with Gasteiger partial charge >= 0.3 is 0 Å². The van der Waals surface area contributed by atoms with E-state index < -0.39 is 5.91 Å². The highest BCUT2D eigenvalue weighted by molar-refractivity contribution is 7.98. The number of aryl methyl sites for hydroxylation is 1. The van der Waals surface area contributed by atoms with Crippen molar-refractivity contribution in [2.24, 2.45) is 5.73 Å². The van der Waals surface area contributed by atoms with Crippen LogP contribution in [0.15, 0.2) is 35.9 Å². The van der Waals surface area contributed by atoms with E-state index in [9.17, 15) is 4.79 Å². The largest absolute Gasteiger partial charge is 0.384 e. The maximum Gasteiger partial charge on any atom is 0.253 e. The molecule has 0 aliphatic rings. The number of nitrogens with two attached hydrogens (primary N) is 2. The van der Waals surface area contributed by atoms with Crippen LogP contribution in [0.4, 0.5) is 5.82 Å². The van der Waals surface area contributed by atoms with Crippen molar-refractivity contribution >= 4 is 40.6 Å².